The Labute approximate surface area is 212 Å². The minimum Gasteiger partial charge on any atom is -0.493 e. The fraction of sp³-hybridized carbons (Fsp3) is 0.464. The minimum atomic E-state index is -0.449. The molecule has 0 saturated heterocycles. The number of aromatic nitrogens is 4. The number of benzene rings is 2. The Bertz CT molecular complexity index is 1100. The van der Waals surface area contributed by atoms with Gasteiger partial charge in [0.15, 0.2) is 11.6 Å². The van der Waals surface area contributed by atoms with Crippen molar-refractivity contribution in [3.8, 4) is 5.75 Å². The Morgan fingerprint density at radius 1 is 0.861 bits per heavy atom. The molecule has 0 saturated carbocycles. The van der Waals surface area contributed by atoms with Crippen LogP contribution in [0, 0.1) is 0 Å². The van der Waals surface area contributed by atoms with Crippen molar-refractivity contribution in [3.05, 3.63) is 70.5 Å². The van der Waals surface area contributed by atoms with Gasteiger partial charge in [-0.3, -0.25) is 4.79 Å². The van der Waals surface area contributed by atoms with E-state index < -0.39 is 5.97 Å². The summed E-state index contributed by atoms with van der Waals surface area (Å²) in [5.74, 6) is 0.584. The summed E-state index contributed by atoms with van der Waals surface area (Å²) in [5, 5.41) is 14.2. The molecule has 36 heavy (non-hydrogen) atoms. The van der Waals surface area contributed by atoms with Crippen LogP contribution >= 0.6 is 0 Å². The molecule has 0 spiro atoms. The van der Waals surface area contributed by atoms with Gasteiger partial charge < -0.3 is 9.47 Å². The molecule has 0 amide bonds. The first-order valence-electron chi connectivity index (χ1n) is 12.9. The number of ketones is 1. The lowest BCUT2D eigenvalue weighted by atomic mass is 9.98. The van der Waals surface area contributed by atoms with Crippen LogP contribution in [0.15, 0.2) is 42.5 Å². The molecule has 0 fully saturated rings. The van der Waals surface area contributed by atoms with Crippen LogP contribution in [-0.4, -0.2) is 45.6 Å². The van der Waals surface area contributed by atoms with Crippen LogP contribution in [0.2, 0.25) is 0 Å². The summed E-state index contributed by atoms with van der Waals surface area (Å²) < 4.78 is 11.1. The smallest absolute Gasteiger partial charge is 0.338 e. The fourth-order valence-electron chi connectivity index (χ4n) is 4.01. The molecule has 0 radical (unpaired) electrons. The topological polar surface area (TPSA) is 107 Å². The predicted octanol–water partition coefficient (Wildman–Crippen LogP) is 5.72. The van der Waals surface area contributed by atoms with Crippen LogP contribution in [0.1, 0.15) is 103 Å². The lowest BCUT2D eigenvalue weighted by Gasteiger charge is -2.13. The number of carbonyl (C=O) groups excluding carboxylic acids is 2. The largest absolute Gasteiger partial charge is 0.493 e. The van der Waals surface area contributed by atoms with E-state index in [1.165, 1.54) is 38.5 Å². The Hall–Kier alpha value is -3.55. The molecule has 0 aliphatic carbocycles. The number of rotatable bonds is 16. The van der Waals surface area contributed by atoms with E-state index in [4.69, 9.17) is 9.47 Å². The zero-order valence-electron chi connectivity index (χ0n) is 21.3. The zero-order valence-corrected chi connectivity index (χ0v) is 21.3. The van der Waals surface area contributed by atoms with Crippen molar-refractivity contribution in [2.75, 3.05) is 13.2 Å². The number of aromatic amines is 1. The molecular weight excluding hydrogens is 456 g/mol. The van der Waals surface area contributed by atoms with Crippen LogP contribution in [0.3, 0.4) is 0 Å². The Balaban J connectivity index is 1.66. The van der Waals surface area contributed by atoms with E-state index in [9.17, 15) is 9.59 Å². The van der Waals surface area contributed by atoms with Crippen LogP contribution in [0.5, 0.6) is 5.75 Å². The number of esters is 1. The molecule has 1 heterocycles. The molecule has 0 aliphatic rings. The average Bonchev–Trinajstić information content (AvgIpc) is 3.41. The molecular formula is C28H36N4O4. The highest BCUT2D eigenvalue weighted by atomic mass is 16.5. The number of unbranched alkanes of at least 4 members (excludes halogenated alkanes) is 7. The molecule has 0 aliphatic heterocycles. The molecule has 192 valence electrons. The zero-order chi connectivity index (χ0) is 25.6. The van der Waals surface area contributed by atoms with Crippen molar-refractivity contribution in [1.82, 2.24) is 20.6 Å². The summed E-state index contributed by atoms with van der Waals surface area (Å²) in [6.45, 7) is 4.87. The van der Waals surface area contributed by atoms with Crippen LogP contribution in [0.4, 0.5) is 0 Å². The number of hydrogen-bond donors (Lipinski definition) is 1. The van der Waals surface area contributed by atoms with E-state index in [1.54, 1.807) is 43.3 Å². The maximum absolute atomic E-state index is 13.2. The maximum atomic E-state index is 13.2. The first kappa shape index (κ1) is 27.0. The molecule has 0 atom stereocenters. The SMILES string of the molecule is CCCCCCCCCCOc1ccc(C(=O)c2cccc(C(=O)OCC)c2)cc1Cc1nn[nH]n1. The molecule has 0 bridgehead atoms. The summed E-state index contributed by atoms with van der Waals surface area (Å²) in [7, 11) is 0. The minimum absolute atomic E-state index is 0.190. The molecule has 0 unspecified atom stereocenters. The van der Waals surface area contributed by atoms with Gasteiger partial charge in [-0.15, -0.1) is 10.2 Å². The van der Waals surface area contributed by atoms with Gasteiger partial charge in [0.1, 0.15) is 5.75 Å². The molecule has 3 rings (SSSR count). The summed E-state index contributed by atoms with van der Waals surface area (Å²) in [4.78, 5) is 25.3. The van der Waals surface area contributed by atoms with Crippen molar-refractivity contribution < 1.29 is 19.1 Å². The molecule has 3 aromatic rings. The summed E-state index contributed by atoms with van der Waals surface area (Å²) in [5.41, 5.74) is 2.07. The highest BCUT2D eigenvalue weighted by Gasteiger charge is 2.16. The number of hydrogen-bond acceptors (Lipinski definition) is 7. The van der Waals surface area contributed by atoms with E-state index >= 15 is 0 Å². The molecule has 8 heteroatoms. The molecule has 1 aromatic heterocycles. The van der Waals surface area contributed by atoms with Gasteiger partial charge >= 0.3 is 5.97 Å². The van der Waals surface area contributed by atoms with Crippen molar-refractivity contribution in [3.63, 3.8) is 0 Å². The van der Waals surface area contributed by atoms with Crippen molar-refractivity contribution in [2.24, 2.45) is 0 Å². The third-order valence-electron chi connectivity index (χ3n) is 5.95. The Kier molecular flexibility index (Phi) is 11.1. The van der Waals surface area contributed by atoms with Gasteiger partial charge in [0, 0.05) is 23.1 Å². The van der Waals surface area contributed by atoms with Crippen molar-refractivity contribution >= 4 is 11.8 Å². The number of tetrazole rings is 1. The second-order valence-corrected chi connectivity index (χ2v) is 8.78. The highest BCUT2D eigenvalue weighted by molar-refractivity contribution is 6.10. The standard InChI is InChI=1S/C28H36N4O4/c1-3-5-6-7-8-9-10-11-17-36-25-16-15-22(19-24(25)20-26-29-31-32-30-26)27(33)21-13-12-14-23(18-21)28(34)35-4-2/h12-16,18-19H,3-11,17,20H2,1-2H3,(H,29,30,31,32). The van der Waals surface area contributed by atoms with E-state index in [0.29, 0.717) is 41.3 Å². The van der Waals surface area contributed by atoms with Gasteiger partial charge in [-0.05, 0) is 43.7 Å². The quantitative estimate of drug-likeness (QED) is 0.155. The molecule has 1 N–H and O–H groups in total. The average molecular weight is 493 g/mol. The maximum Gasteiger partial charge on any atom is 0.338 e. The van der Waals surface area contributed by atoms with E-state index in [-0.39, 0.29) is 12.4 Å². The first-order chi connectivity index (χ1) is 17.6. The van der Waals surface area contributed by atoms with Crippen LogP contribution in [-0.2, 0) is 11.2 Å². The second-order valence-electron chi connectivity index (χ2n) is 8.78. The predicted molar refractivity (Wildman–Crippen MR) is 137 cm³/mol. The Morgan fingerprint density at radius 3 is 2.31 bits per heavy atom. The third-order valence-corrected chi connectivity index (χ3v) is 5.95. The summed E-state index contributed by atoms with van der Waals surface area (Å²) in [6, 6.07) is 11.9. The summed E-state index contributed by atoms with van der Waals surface area (Å²) in [6.07, 6.45) is 10.2. The van der Waals surface area contributed by atoms with Gasteiger partial charge in [-0.1, -0.05) is 69.2 Å². The number of nitrogens with zero attached hydrogens (tertiary/aromatic N) is 3. The Morgan fingerprint density at radius 2 is 1.58 bits per heavy atom. The lowest BCUT2D eigenvalue weighted by Crippen LogP contribution is -2.08. The second kappa shape index (κ2) is 14.8. The molecule has 2 aromatic carbocycles. The highest BCUT2D eigenvalue weighted by Crippen LogP contribution is 2.25. The van der Waals surface area contributed by atoms with E-state index in [0.717, 1.165) is 18.4 Å². The fourth-order valence-corrected chi connectivity index (χ4v) is 4.01. The van der Waals surface area contributed by atoms with Crippen molar-refractivity contribution in [1.29, 1.82) is 0 Å². The van der Waals surface area contributed by atoms with E-state index in [1.807, 2.05) is 6.07 Å². The van der Waals surface area contributed by atoms with Gasteiger partial charge in [0.05, 0.1) is 18.8 Å². The number of carbonyl (C=O) groups is 2. The van der Waals surface area contributed by atoms with Crippen LogP contribution < -0.4 is 4.74 Å². The molecule has 8 nitrogen and oxygen atoms in total. The third kappa shape index (κ3) is 8.29. The summed E-state index contributed by atoms with van der Waals surface area (Å²) >= 11 is 0. The van der Waals surface area contributed by atoms with Gasteiger partial charge in [0.2, 0.25) is 0 Å². The normalized spacial score (nSPS) is 10.8. The first-order valence-corrected chi connectivity index (χ1v) is 12.9. The number of ether oxygens (including phenoxy) is 2. The lowest BCUT2D eigenvalue weighted by molar-refractivity contribution is 0.0526. The van der Waals surface area contributed by atoms with Crippen molar-refractivity contribution in [2.45, 2.75) is 71.6 Å². The number of nitrogens with one attached hydrogen (secondary N) is 1. The monoisotopic (exact) mass is 492 g/mol. The van der Waals surface area contributed by atoms with Gasteiger partial charge in [0.25, 0.3) is 0 Å². The number of H-pyrrole nitrogens is 1. The van der Waals surface area contributed by atoms with Gasteiger partial charge in [-0.25, -0.2) is 4.79 Å². The van der Waals surface area contributed by atoms with Crippen LogP contribution in [0.25, 0.3) is 0 Å². The van der Waals surface area contributed by atoms with Gasteiger partial charge in [-0.2, -0.15) is 5.21 Å². The van der Waals surface area contributed by atoms with E-state index in [2.05, 4.69) is 27.5 Å².